The van der Waals surface area contributed by atoms with Crippen LogP contribution in [0.2, 0.25) is 0 Å². The molecule has 0 N–H and O–H groups in total. The zero-order valence-electron chi connectivity index (χ0n) is 14.4. The van der Waals surface area contributed by atoms with Gasteiger partial charge in [-0.25, -0.2) is 0 Å². The van der Waals surface area contributed by atoms with E-state index in [1.807, 2.05) is 0 Å². The van der Waals surface area contributed by atoms with Gasteiger partial charge in [0.15, 0.2) is 0 Å². The monoisotopic (exact) mass is 325 g/mol. The van der Waals surface area contributed by atoms with E-state index in [1.165, 1.54) is 47.3 Å². The second kappa shape index (κ2) is 6.16. The van der Waals surface area contributed by atoms with Crippen LogP contribution in [-0.2, 0) is 6.54 Å². The topological polar surface area (TPSA) is 3.24 Å². The van der Waals surface area contributed by atoms with Crippen molar-refractivity contribution in [2.45, 2.75) is 18.9 Å². The molecule has 0 amide bonds. The molecule has 1 aliphatic carbocycles. The van der Waals surface area contributed by atoms with E-state index < -0.39 is 0 Å². The summed E-state index contributed by atoms with van der Waals surface area (Å²) in [6.07, 6.45) is 1.29. The van der Waals surface area contributed by atoms with Crippen molar-refractivity contribution in [2.24, 2.45) is 5.92 Å². The summed E-state index contributed by atoms with van der Waals surface area (Å²) in [6.45, 7) is 3.48. The molecule has 3 aromatic rings. The van der Waals surface area contributed by atoms with Crippen LogP contribution >= 0.6 is 0 Å². The predicted molar refractivity (Wildman–Crippen MR) is 104 cm³/mol. The molecule has 1 saturated heterocycles. The van der Waals surface area contributed by atoms with E-state index in [9.17, 15) is 0 Å². The van der Waals surface area contributed by atoms with Gasteiger partial charge in [-0.3, -0.25) is 4.90 Å². The van der Waals surface area contributed by atoms with Crippen LogP contribution in [0.5, 0.6) is 0 Å². The first-order valence-electron chi connectivity index (χ1n) is 9.34. The van der Waals surface area contributed by atoms with Crippen molar-refractivity contribution < 1.29 is 0 Å². The highest BCUT2D eigenvalue weighted by Crippen LogP contribution is 2.49. The fourth-order valence-electron chi connectivity index (χ4n) is 4.82. The zero-order valence-corrected chi connectivity index (χ0v) is 14.4. The molecule has 0 bridgehead atoms. The van der Waals surface area contributed by atoms with Crippen molar-refractivity contribution in [1.29, 1.82) is 0 Å². The number of hydrogen-bond acceptors (Lipinski definition) is 1. The van der Waals surface area contributed by atoms with Crippen molar-refractivity contribution in [1.82, 2.24) is 4.90 Å². The molecular formula is C24H23N. The highest BCUT2D eigenvalue weighted by molar-refractivity contribution is 5.78. The van der Waals surface area contributed by atoms with E-state index in [0.29, 0.717) is 11.8 Å². The van der Waals surface area contributed by atoms with Crippen LogP contribution in [0, 0.1) is 5.92 Å². The molecule has 0 radical (unpaired) electrons. The lowest BCUT2D eigenvalue weighted by molar-refractivity contribution is 0.311. The van der Waals surface area contributed by atoms with Gasteiger partial charge in [0.25, 0.3) is 0 Å². The van der Waals surface area contributed by atoms with E-state index in [1.54, 1.807) is 0 Å². The van der Waals surface area contributed by atoms with Crippen LogP contribution in [0.3, 0.4) is 0 Å². The summed E-state index contributed by atoms with van der Waals surface area (Å²) in [6, 6.07) is 28.9. The van der Waals surface area contributed by atoms with Crippen molar-refractivity contribution in [3.05, 3.63) is 95.6 Å². The van der Waals surface area contributed by atoms with Crippen molar-refractivity contribution in [3.8, 4) is 11.1 Å². The minimum Gasteiger partial charge on any atom is -0.299 e. The first kappa shape index (κ1) is 14.9. The van der Waals surface area contributed by atoms with E-state index >= 15 is 0 Å². The number of likely N-dealkylation sites (tertiary alicyclic amines) is 1. The summed E-state index contributed by atoms with van der Waals surface area (Å²) in [5.74, 6) is 1.28. The van der Waals surface area contributed by atoms with Gasteiger partial charge < -0.3 is 0 Å². The second-order valence-electron chi connectivity index (χ2n) is 7.42. The Morgan fingerprint density at radius 1 is 0.720 bits per heavy atom. The van der Waals surface area contributed by atoms with Gasteiger partial charge in [-0.05, 0) is 46.7 Å². The first-order chi connectivity index (χ1) is 12.4. The van der Waals surface area contributed by atoms with E-state index in [0.717, 1.165) is 6.54 Å². The highest BCUT2D eigenvalue weighted by atomic mass is 15.1. The molecule has 1 aliphatic heterocycles. The van der Waals surface area contributed by atoms with E-state index in [-0.39, 0.29) is 0 Å². The zero-order chi connectivity index (χ0) is 16.6. The fourth-order valence-corrected chi connectivity index (χ4v) is 4.82. The number of hydrogen-bond donors (Lipinski definition) is 0. The largest absolute Gasteiger partial charge is 0.299 e. The van der Waals surface area contributed by atoms with Gasteiger partial charge in [0.2, 0.25) is 0 Å². The maximum Gasteiger partial charge on any atom is 0.0233 e. The number of nitrogens with zero attached hydrogens (tertiary/aromatic N) is 1. The van der Waals surface area contributed by atoms with Gasteiger partial charge in [0, 0.05) is 19.0 Å². The molecule has 1 nitrogen and oxygen atoms in total. The van der Waals surface area contributed by atoms with Crippen molar-refractivity contribution in [3.63, 3.8) is 0 Å². The number of rotatable bonds is 3. The molecule has 1 unspecified atom stereocenters. The standard InChI is InChI=1S/C24H23N/c1-2-8-18(9-3-1)16-25-15-14-19(17-25)24-22-12-6-4-10-20(22)21-11-5-7-13-23(21)24/h1-13,19,24H,14-17H2. The number of benzene rings is 3. The molecule has 5 rings (SSSR count). The summed E-state index contributed by atoms with van der Waals surface area (Å²) in [4.78, 5) is 2.63. The van der Waals surface area contributed by atoms with E-state index in [4.69, 9.17) is 0 Å². The summed E-state index contributed by atoms with van der Waals surface area (Å²) in [5.41, 5.74) is 7.40. The average molecular weight is 325 g/mol. The fraction of sp³-hybridized carbons (Fsp3) is 0.250. The van der Waals surface area contributed by atoms with Gasteiger partial charge >= 0.3 is 0 Å². The Balaban J connectivity index is 1.42. The van der Waals surface area contributed by atoms with Crippen LogP contribution in [0.15, 0.2) is 78.9 Å². The Bertz CT molecular complexity index is 838. The summed E-state index contributed by atoms with van der Waals surface area (Å²) >= 11 is 0. The summed E-state index contributed by atoms with van der Waals surface area (Å²) in [7, 11) is 0. The van der Waals surface area contributed by atoms with Gasteiger partial charge in [-0.1, -0.05) is 78.9 Å². The molecule has 1 fully saturated rings. The predicted octanol–water partition coefficient (Wildman–Crippen LogP) is 5.32. The lowest BCUT2D eigenvalue weighted by atomic mass is 9.83. The molecule has 25 heavy (non-hydrogen) atoms. The van der Waals surface area contributed by atoms with Crippen LogP contribution < -0.4 is 0 Å². The average Bonchev–Trinajstić information content (AvgIpc) is 3.24. The quantitative estimate of drug-likeness (QED) is 0.630. The molecule has 0 saturated carbocycles. The number of fused-ring (bicyclic) bond motifs is 3. The van der Waals surface area contributed by atoms with Crippen LogP contribution in [0.4, 0.5) is 0 Å². The Kier molecular flexibility index (Phi) is 3.68. The maximum absolute atomic E-state index is 2.63. The van der Waals surface area contributed by atoms with Gasteiger partial charge in [-0.2, -0.15) is 0 Å². The molecule has 3 aromatic carbocycles. The highest BCUT2D eigenvalue weighted by Gasteiger charge is 2.37. The maximum atomic E-state index is 2.63. The Morgan fingerprint density at radius 2 is 1.32 bits per heavy atom. The minimum atomic E-state index is 0.563. The SMILES string of the molecule is c1ccc(CN2CCC(C3c4ccccc4-c4ccccc43)C2)cc1. The lowest BCUT2D eigenvalue weighted by Crippen LogP contribution is -2.22. The van der Waals surface area contributed by atoms with Gasteiger partial charge in [-0.15, -0.1) is 0 Å². The molecule has 1 atom stereocenters. The third kappa shape index (κ3) is 2.60. The van der Waals surface area contributed by atoms with Crippen LogP contribution in [0.25, 0.3) is 11.1 Å². The summed E-state index contributed by atoms with van der Waals surface area (Å²) in [5, 5.41) is 0. The third-order valence-electron chi connectivity index (χ3n) is 5.91. The third-order valence-corrected chi connectivity index (χ3v) is 5.91. The lowest BCUT2D eigenvalue weighted by Gasteiger charge is -2.22. The molecule has 1 heteroatoms. The van der Waals surface area contributed by atoms with Gasteiger partial charge in [0.05, 0.1) is 0 Å². The van der Waals surface area contributed by atoms with Crippen LogP contribution in [0.1, 0.15) is 29.0 Å². The van der Waals surface area contributed by atoms with Crippen LogP contribution in [-0.4, -0.2) is 18.0 Å². The minimum absolute atomic E-state index is 0.563. The molecular weight excluding hydrogens is 302 g/mol. The second-order valence-corrected chi connectivity index (χ2v) is 7.42. The Morgan fingerprint density at radius 3 is 2.00 bits per heavy atom. The molecule has 1 heterocycles. The van der Waals surface area contributed by atoms with E-state index in [2.05, 4.69) is 83.8 Å². The normalized spacial score (nSPS) is 19.8. The molecule has 0 spiro atoms. The molecule has 124 valence electrons. The Labute approximate surface area is 149 Å². The smallest absolute Gasteiger partial charge is 0.0233 e. The Hall–Kier alpha value is -2.38. The molecule has 2 aliphatic rings. The van der Waals surface area contributed by atoms with Crippen molar-refractivity contribution in [2.75, 3.05) is 13.1 Å². The summed E-state index contributed by atoms with van der Waals surface area (Å²) < 4.78 is 0. The molecule has 0 aromatic heterocycles. The van der Waals surface area contributed by atoms with Gasteiger partial charge in [0.1, 0.15) is 0 Å². The van der Waals surface area contributed by atoms with Crippen molar-refractivity contribution >= 4 is 0 Å². The first-order valence-corrected chi connectivity index (χ1v) is 9.34.